The standard InChI is InChI=1S/C67H79BN2O/c1-40-32-47-49(66(15,16)30-28-64(47,11)12)38-54(40)70-56-36-44(63(8,9)10)35-55-58(56)68(60-59(70)46-37-48-50(39-57(46)71-60)67(17,18)31-29-65(48,13)14)51-34-43(62(5,6)7)25-27-53(51)69(55)52-26-24-42(61(2,3)4)33-45(52)41-22-20-19-21-23-41/h19-27,32-39H,28-31H2,1-18H3. The lowest BCUT2D eigenvalue weighted by Gasteiger charge is -2.46. The number of furan rings is 1. The van der Waals surface area contributed by atoms with E-state index in [0.29, 0.717) is 0 Å². The third-order valence-corrected chi connectivity index (χ3v) is 18.0. The molecule has 2 aliphatic carbocycles. The maximum absolute atomic E-state index is 7.75. The van der Waals surface area contributed by atoms with Crippen LogP contribution in [0, 0.1) is 6.92 Å². The molecular weight excluding hydrogens is 860 g/mol. The maximum atomic E-state index is 7.75. The molecule has 0 saturated heterocycles. The van der Waals surface area contributed by atoms with Crippen LogP contribution in [0.3, 0.4) is 0 Å². The van der Waals surface area contributed by atoms with E-state index >= 15 is 0 Å². The lowest BCUT2D eigenvalue weighted by molar-refractivity contribution is 0.332. The van der Waals surface area contributed by atoms with Crippen molar-refractivity contribution in [3.63, 3.8) is 0 Å². The molecule has 4 heteroatoms. The molecule has 0 N–H and O–H groups in total. The van der Waals surface area contributed by atoms with Crippen molar-refractivity contribution in [2.45, 2.75) is 188 Å². The van der Waals surface area contributed by atoms with Gasteiger partial charge in [0.1, 0.15) is 5.58 Å². The van der Waals surface area contributed by atoms with Crippen molar-refractivity contribution in [2.24, 2.45) is 0 Å². The monoisotopic (exact) mass is 939 g/mol. The Hall–Kier alpha value is -5.48. The Labute approximate surface area is 427 Å². The van der Waals surface area contributed by atoms with E-state index in [1.54, 1.807) is 0 Å². The minimum atomic E-state index is -0.155. The van der Waals surface area contributed by atoms with Gasteiger partial charge in [0.25, 0.3) is 6.71 Å². The maximum Gasteiger partial charge on any atom is 0.297 e. The second kappa shape index (κ2) is 15.3. The smallest absolute Gasteiger partial charge is 0.297 e. The van der Waals surface area contributed by atoms with Gasteiger partial charge in [0.05, 0.1) is 17.0 Å². The summed E-state index contributed by atoms with van der Waals surface area (Å²) in [6, 6.07) is 41.0. The molecule has 0 atom stereocenters. The average molecular weight is 939 g/mol. The first-order valence-electron chi connectivity index (χ1n) is 26.9. The van der Waals surface area contributed by atoms with E-state index in [0.717, 1.165) is 30.5 Å². The molecule has 0 bridgehead atoms. The number of rotatable bonds is 3. The molecule has 0 radical (unpaired) electrons. The number of hydrogen-bond acceptors (Lipinski definition) is 3. The fourth-order valence-corrected chi connectivity index (χ4v) is 13.0. The molecule has 0 unspecified atom stereocenters. The van der Waals surface area contributed by atoms with Crippen LogP contribution in [0.2, 0.25) is 0 Å². The first-order valence-corrected chi connectivity index (χ1v) is 26.9. The van der Waals surface area contributed by atoms with Gasteiger partial charge >= 0.3 is 0 Å². The summed E-state index contributed by atoms with van der Waals surface area (Å²) in [5.74, 6) is 0. The fraction of sp³-hybridized carbons (Fsp3) is 0.433. The van der Waals surface area contributed by atoms with E-state index in [-0.39, 0.29) is 44.6 Å². The highest BCUT2D eigenvalue weighted by Gasteiger charge is 2.50. The fourth-order valence-electron chi connectivity index (χ4n) is 13.0. The summed E-state index contributed by atoms with van der Waals surface area (Å²) in [5.41, 5.74) is 25.5. The Morgan fingerprint density at radius 3 is 1.52 bits per heavy atom. The predicted octanol–water partition coefficient (Wildman–Crippen LogP) is 17.1. The number of hydrogen-bond donors (Lipinski definition) is 0. The van der Waals surface area contributed by atoms with E-state index in [9.17, 15) is 0 Å². The first kappa shape index (κ1) is 47.8. The van der Waals surface area contributed by atoms with Crippen molar-refractivity contribution in [1.82, 2.24) is 0 Å². The molecule has 0 spiro atoms. The highest BCUT2D eigenvalue weighted by molar-refractivity contribution is 7.00. The molecule has 2 aliphatic heterocycles. The SMILES string of the molecule is Cc1cc2c(cc1N1c3cc(C(C)(C)C)cc4c3B(c3cc(C(C)(C)C)ccc3N4c3ccc(C(C)(C)C)cc3-c3ccccc3)c3oc4cc5c(cc4c31)C(C)(C)CCC5(C)C)C(C)(C)CCC2(C)C. The van der Waals surface area contributed by atoms with Gasteiger partial charge in [0.15, 0.2) is 0 Å². The first-order chi connectivity index (χ1) is 33.0. The topological polar surface area (TPSA) is 19.6 Å². The molecule has 366 valence electrons. The van der Waals surface area contributed by atoms with Crippen molar-refractivity contribution >= 4 is 68.4 Å². The molecule has 7 aromatic rings. The van der Waals surface area contributed by atoms with Crippen molar-refractivity contribution < 1.29 is 4.42 Å². The molecule has 3 nitrogen and oxygen atoms in total. The van der Waals surface area contributed by atoms with Gasteiger partial charge in [-0.3, -0.25) is 0 Å². The quantitative estimate of drug-likeness (QED) is 0.165. The summed E-state index contributed by atoms with van der Waals surface area (Å²) in [6.07, 6.45) is 4.64. The number of nitrogens with zero attached hydrogens (tertiary/aromatic N) is 2. The lowest BCUT2D eigenvalue weighted by atomic mass is 9.35. The van der Waals surface area contributed by atoms with E-state index in [1.165, 1.54) is 112 Å². The van der Waals surface area contributed by atoms with Gasteiger partial charge in [0.2, 0.25) is 0 Å². The minimum absolute atomic E-state index is 0.0282. The molecule has 0 saturated carbocycles. The third-order valence-electron chi connectivity index (χ3n) is 18.0. The van der Waals surface area contributed by atoms with Crippen LogP contribution in [0.4, 0.5) is 34.1 Å². The summed E-state index contributed by atoms with van der Waals surface area (Å²) in [7, 11) is 0. The second-order valence-corrected chi connectivity index (χ2v) is 28.1. The summed E-state index contributed by atoms with van der Waals surface area (Å²) in [6.45, 7) is 43.1. The molecule has 4 aliphatic rings. The van der Waals surface area contributed by atoms with Crippen LogP contribution in [0.1, 0.15) is 188 Å². The molecule has 0 fully saturated rings. The number of aryl methyl sites for hydroxylation is 1. The Bertz CT molecular complexity index is 3340. The predicted molar refractivity (Wildman–Crippen MR) is 307 cm³/mol. The van der Waals surface area contributed by atoms with Crippen LogP contribution in [-0.4, -0.2) is 6.71 Å². The lowest BCUT2D eigenvalue weighted by Crippen LogP contribution is -2.61. The van der Waals surface area contributed by atoms with Gasteiger partial charge in [-0.25, -0.2) is 0 Å². The number of benzene rings is 6. The summed E-state index contributed by atoms with van der Waals surface area (Å²) >= 11 is 0. The van der Waals surface area contributed by atoms with Crippen molar-refractivity contribution in [3.8, 4) is 11.1 Å². The van der Waals surface area contributed by atoms with E-state index in [2.05, 4.69) is 238 Å². The van der Waals surface area contributed by atoms with Gasteiger partial charge < -0.3 is 14.2 Å². The van der Waals surface area contributed by atoms with E-state index < -0.39 is 0 Å². The zero-order chi connectivity index (χ0) is 50.9. The second-order valence-electron chi connectivity index (χ2n) is 28.1. The van der Waals surface area contributed by atoms with E-state index in [1.807, 2.05) is 0 Å². The number of anilines is 6. The normalized spacial score (nSPS) is 18.4. The molecule has 6 aromatic carbocycles. The summed E-state index contributed by atoms with van der Waals surface area (Å²) < 4.78 is 7.75. The Morgan fingerprint density at radius 1 is 0.465 bits per heavy atom. The van der Waals surface area contributed by atoms with Gasteiger partial charge in [-0.15, -0.1) is 0 Å². The highest BCUT2D eigenvalue weighted by Crippen LogP contribution is 2.55. The van der Waals surface area contributed by atoms with Crippen LogP contribution in [-0.2, 0) is 37.9 Å². The van der Waals surface area contributed by atoms with Gasteiger partial charge in [-0.05, 0) is 180 Å². The van der Waals surface area contributed by atoms with Gasteiger partial charge in [-0.1, -0.05) is 172 Å². The molecule has 0 amide bonds. The Kier molecular flexibility index (Phi) is 10.3. The molecule has 71 heavy (non-hydrogen) atoms. The summed E-state index contributed by atoms with van der Waals surface area (Å²) in [5, 5.41) is 1.22. The largest absolute Gasteiger partial charge is 0.468 e. The minimum Gasteiger partial charge on any atom is -0.468 e. The molecule has 11 rings (SSSR count). The van der Waals surface area contributed by atoms with Crippen LogP contribution in [0.15, 0.2) is 108 Å². The number of fused-ring (bicyclic) bond motifs is 8. The van der Waals surface area contributed by atoms with Crippen LogP contribution in [0.5, 0.6) is 0 Å². The average Bonchev–Trinajstić information content (AvgIpc) is 3.66. The molecule has 1 aromatic heterocycles. The van der Waals surface area contributed by atoms with Crippen molar-refractivity contribution in [3.05, 3.63) is 148 Å². The van der Waals surface area contributed by atoms with Crippen LogP contribution >= 0.6 is 0 Å². The Balaban J connectivity index is 1.32. The molecule has 3 heterocycles. The third kappa shape index (κ3) is 7.41. The highest BCUT2D eigenvalue weighted by atomic mass is 16.3. The van der Waals surface area contributed by atoms with Crippen molar-refractivity contribution in [2.75, 3.05) is 9.80 Å². The summed E-state index contributed by atoms with van der Waals surface area (Å²) in [4.78, 5) is 5.34. The van der Waals surface area contributed by atoms with Crippen molar-refractivity contribution in [1.29, 1.82) is 0 Å². The zero-order valence-corrected chi connectivity index (χ0v) is 46.5. The Morgan fingerprint density at radius 2 is 0.958 bits per heavy atom. The molecular formula is C67H79BN2O. The van der Waals surface area contributed by atoms with Gasteiger partial charge in [-0.2, -0.15) is 0 Å². The van der Waals surface area contributed by atoms with E-state index in [4.69, 9.17) is 4.42 Å². The van der Waals surface area contributed by atoms with Crippen LogP contribution in [0.25, 0.3) is 22.1 Å². The van der Waals surface area contributed by atoms with Crippen LogP contribution < -0.4 is 26.4 Å². The zero-order valence-electron chi connectivity index (χ0n) is 46.5. The van der Waals surface area contributed by atoms with Gasteiger partial charge in [0, 0.05) is 33.7 Å².